The first kappa shape index (κ1) is 10.4. The van der Waals surface area contributed by atoms with Gasteiger partial charge >= 0.3 is 0 Å². The highest BCUT2D eigenvalue weighted by Crippen LogP contribution is 2.40. The van der Waals surface area contributed by atoms with Crippen LogP contribution in [0.2, 0.25) is 0 Å². The summed E-state index contributed by atoms with van der Waals surface area (Å²) < 4.78 is 0. The zero-order valence-electron chi connectivity index (χ0n) is 9.99. The van der Waals surface area contributed by atoms with Gasteiger partial charge in [0.2, 0.25) is 0 Å². The predicted octanol–water partition coefficient (Wildman–Crippen LogP) is 3.75. The minimum atomic E-state index is 0.260. The molecule has 0 N–H and O–H groups in total. The highest BCUT2D eigenvalue weighted by Gasteiger charge is 2.31. The van der Waals surface area contributed by atoms with Gasteiger partial charge in [0.15, 0.2) is 0 Å². The van der Waals surface area contributed by atoms with Gasteiger partial charge in [0.05, 0.1) is 0 Å². The molecule has 0 bridgehead atoms. The topological polar surface area (TPSA) is 12.4 Å². The third-order valence-corrected chi connectivity index (χ3v) is 3.34. The van der Waals surface area contributed by atoms with Crippen molar-refractivity contribution in [3.63, 3.8) is 0 Å². The van der Waals surface area contributed by atoms with Crippen LogP contribution in [0.5, 0.6) is 0 Å². The quantitative estimate of drug-likeness (QED) is 0.566. The molecule has 0 spiro atoms. The van der Waals surface area contributed by atoms with E-state index in [1.54, 1.807) is 0 Å². The lowest BCUT2D eigenvalue weighted by Gasteiger charge is -2.35. The van der Waals surface area contributed by atoms with E-state index >= 15 is 0 Å². The molecule has 0 saturated heterocycles. The highest BCUT2D eigenvalue weighted by atomic mass is 14.7. The SMILES string of the molecule is CC1C(C(C)(C)C)=CC=C2C=CN=CC21. The van der Waals surface area contributed by atoms with Gasteiger partial charge in [-0.2, -0.15) is 0 Å². The van der Waals surface area contributed by atoms with Crippen LogP contribution in [0.1, 0.15) is 27.7 Å². The van der Waals surface area contributed by atoms with Gasteiger partial charge in [-0.15, -0.1) is 0 Å². The zero-order valence-corrected chi connectivity index (χ0v) is 9.99. The van der Waals surface area contributed by atoms with Gasteiger partial charge in [0, 0.05) is 18.3 Å². The van der Waals surface area contributed by atoms with Crippen molar-refractivity contribution in [1.82, 2.24) is 0 Å². The number of hydrogen-bond acceptors (Lipinski definition) is 1. The molecule has 0 aromatic carbocycles. The molecule has 0 amide bonds. The second kappa shape index (κ2) is 3.48. The normalized spacial score (nSPS) is 29.6. The van der Waals surface area contributed by atoms with Crippen LogP contribution in [0, 0.1) is 17.3 Å². The Bertz CT molecular complexity index is 375. The van der Waals surface area contributed by atoms with Gasteiger partial charge in [0.1, 0.15) is 0 Å². The summed E-state index contributed by atoms with van der Waals surface area (Å²) in [5.74, 6) is 1.05. The van der Waals surface area contributed by atoms with Crippen molar-refractivity contribution in [2.24, 2.45) is 22.2 Å². The summed E-state index contributed by atoms with van der Waals surface area (Å²) in [5.41, 5.74) is 3.18. The van der Waals surface area contributed by atoms with Crippen LogP contribution in [-0.4, -0.2) is 6.21 Å². The van der Waals surface area contributed by atoms with E-state index in [4.69, 9.17) is 0 Å². The molecular weight excluding hydrogens is 182 g/mol. The average Bonchev–Trinajstić information content (AvgIpc) is 2.16. The smallest absolute Gasteiger partial charge is 0.0267 e. The molecule has 0 radical (unpaired) electrons. The minimum absolute atomic E-state index is 0.260. The maximum atomic E-state index is 4.25. The maximum Gasteiger partial charge on any atom is 0.0267 e. The second-order valence-corrected chi connectivity index (χ2v) is 5.47. The van der Waals surface area contributed by atoms with Gasteiger partial charge < -0.3 is 0 Å². The fourth-order valence-corrected chi connectivity index (χ4v) is 2.52. The summed E-state index contributed by atoms with van der Waals surface area (Å²) in [7, 11) is 0. The molecule has 2 unspecified atom stereocenters. The van der Waals surface area contributed by atoms with E-state index in [1.807, 2.05) is 6.20 Å². The molecule has 1 aliphatic carbocycles. The number of aliphatic imine (C=N–C) groups is 1. The molecule has 15 heavy (non-hydrogen) atoms. The van der Waals surface area contributed by atoms with Crippen molar-refractivity contribution in [2.45, 2.75) is 27.7 Å². The van der Waals surface area contributed by atoms with E-state index < -0.39 is 0 Å². The zero-order chi connectivity index (χ0) is 11.1. The number of hydrogen-bond donors (Lipinski definition) is 0. The summed E-state index contributed by atoms with van der Waals surface area (Å²) in [4.78, 5) is 4.25. The van der Waals surface area contributed by atoms with E-state index in [0.717, 1.165) is 0 Å². The number of nitrogens with zero attached hydrogens (tertiary/aromatic N) is 1. The highest BCUT2D eigenvalue weighted by molar-refractivity contribution is 5.71. The van der Waals surface area contributed by atoms with Crippen molar-refractivity contribution in [3.05, 3.63) is 35.6 Å². The summed E-state index contributed by atoms with van der Waals surface area (Å²) in [5, 5.41) is 0. The lowest BCUT2D eigenvalue weighted by Crippen LogP contribution is -2.27. The summed E-state index contributed by atoms with van der Waals surface area (Å²) in [6, 6.07) is 0. The van der Waals surface area contributed by atoms with E-state index in [1.165, 1.54) is 11.1 Å². The van der Waals surface area contributed by atoms with Crippen LogP contribution in [-0.2, 0) is 0 Å². The molecule has 1 heteroatoms. The molecule has 2 aliphatic rings. The predicted molar refractivity (Wildman–Crippen MR) is 65.9 cm³/mol. The fraction of sp³-hybridized carbons (Fsp3) is 0.500. The van der Waals surface area contributed by atoms with Gasteiger partial charge in [-0.25, -0.2) is 0 Å². The Labute approximate surface area is 92.3 Å². The van der Waals surface area contributed by atoms with Gasteiger partial charge in [-0.1, -0.05) is 45.4 Å². The third-order valence-electron chi connectivity index (χ3n) is 3.34. The Balaban J connectivity index is 2.38. The minimum Gasteiger partial charge on any atom is -0.268 e. The van der Waals surface area contributed by atoms with Gasteiger partial charge in [-0.3, -0.25) is 4.99 Å². The molecule has 2 atom stereocenters. The van der Waals surface area contributed by atoms with E-state index in [-0.39, 0.29) is 5.41 Å². The second-order valence-electron chi connectivity index (χ2n) is 5.47. The lowest BCUT2D eigenvalue weighted by molar-refractivity contribution is 0.409. The van der Waals surface area contributed by atoms with Gasteiger partial charge in [0.25, 0.3) is 0 Å². The first-order valence-electron chi connectivity index (χ1n) is 5.62. The van der Waals surface area contributed by atoms with E-state index in [9.17, 15) is 0 Å². The number of rotatable bonds is 0. The van der Waals surface area contributed by atoms with Crippen LogP contribution in [0.25, 0.3) is 0 Å². The Morgan fingerprint density at radius 2 is 1.93 bits per heavy atom. The first-order valence-corrected chi connectivity index (χ1v) is 5.62. The Hall–Kier alpha value is -1.11. The Morgan fingerprint density at radius 1 is 1.20 bits per heavy atom. The van der Waals surface area contributed by atoms with Crippen molar-refractivity contribution < 1.29 is 0 Å². The molecule has 1 nitrogen and oxygen atoms in total. The van der Waals surface area contributed by atoms with Crippen molar-refractivity contribution in [1.29, 1.82) is 0 Å². The maximum absolute atomic E-state index is 4.25. The summed E-state index contributed by atoms with van der Waals surface area (Å²) in [6.45, 7) is 9.15. The largest absolute Gasteiger partial charge is 0.268 e. The van der Waals surface area contributed by atoms with Crippen LogP contribution in [0.4, 0.5) is 0 Å². The Kier molecular flexibility index (Phi) is 2.41. The molecule has 1 aliphatic heterocycles. The van der Waals surface area contributed by atoms with Crippen LogP contribution >= 0.6 is 0 Å². The molecule has 80 valence electrons. The fourth-order valence-electron chi connectivity index (χ4n) is 2.52. The summed E-state index contributed by atoms with van der Waals surface area (Å²) >= 11 is 0. The van der Waals surface area contributed by atoms with E-state index in [0.29, 0.717) is 11.8 Å². The van der Waals surface area contributed by atoms with Crippen LogP contribution < -0.4 is 0 Å². The van der Waals surface area contributed by atoms with Crippen LogP contribution in [0.3, 0.4) is 0 Å². The molecule has 2 rings (SSSR count). The Morgan fingerprint density at radius 3 is 2.60 bits per heavy atom. The number of allylic oxidation sites excluding steroid dienone is 5. The van der Waals surface area contributed by atoms with E-state index in [2.05, 4.69) is 57.1 Å². The molecule has 0 aromatic heterocycles. The molecular formula is C14H19N. The number of fused-ring (bicyclic) bond motifs is 1. The van der Waals surface area contributed by atoms with Crippen molar-refractivity contribution >= 4 is 6.21 Å². The molecule has 1 heterocycles. The summed E-state index contributed by atoms with van der Waals surface area (Å²) in [6.07, 6.45) is 10.6. The monoisotopic (exact) mass is 201 g/mol. The molecule has 0 saturated carbocycles. The lowest BCUT2D eigenvalue weighted by atomic mass is 9.69. The standard InChI is InChI=1S/C14H19N/c1-10-12-9-15-8-7-11(12)5-6-13(10)14(2,3)4/h5-10,12H,1-4H3. The van der Waals surface area contributed by atoms with Crippen molar-refractivity contribution in [3.8, 4) is 0 Å². The van der Waals surface area contributed by atoms with Crippen LogP contribution in [0.15, 0.2) is 40.6 Å². The first-order chi connectivity index (χ1) is 7.00. The third kappa shape index (κ3) is 1.83. The molecule has 0 fully saturated rings. The average molecular weight is 201 g/mol. The van der Waals surface area contributed by atoms with Crippen molar-refractivity contribution in [2.75, 3.05) is 0 Å². The van der Waals surface area contributed by atoms with Gasteiger partial charge in [-0.05, 0) is 23.0 Å². The molecule has 0 aromatic rings.